The predicted molar refractivity (Wildman–Crippen MR) is 83.7 cm³/mol. The summed E-state index contributed by atoms with van der Waals surface area (Å²) in [5.74, 6) is 1.26. The Bertz CT molecular complexity index is 192. The van der Waals surface area contributed by atoms with E-state index in [-0.39, 0.29) is 0 Å². The highest BCUT2D eigenvalue weighted by molar-refractivity contribution is 8.49. The van der Waals surface area contributed by atoms with E-state index >= 15 is 0 Å². The molecule has 1 saturated heterocycles. The average molecular weight is 277 g/mol. The zero-order valence-electron chi connectivity index (χ0n) is 10.4. The van der Waals surface area contributed by atoms with Crippen molar-refractivity contribution in [2.45, 2.75) is 70.0 Å². The lowest BCUT2D eigenvalue weighted by Crippen LogP contribution is -2.00. The van der Waals surface area contributed by atoms with Gasteiger partial charge in [0.1, 0.15) is 3.53 Å². The van der Waals surface area contributed by atoms with Crippen LogP contribution in [-0.4, -0.2) is 14.5 Å². The van der Waals surface area contributed by atoms with Gasteiger partial charge in [-0.15, -0.1) is 23.5 Å². The van der Waals surface area contributed by atoms with E-state index in [1.807, 2.05) is 23.5 Å². The summed E-state index contributed by atoms with van der Waals surface area (Å²) < 4.78 is 1.17. The molecule has 16 heavy (non-hydrogen) atoms. The molecule has 0 aromatic carbocycles. The summed E-state index contributed by atoms with van der Waals surface area (Å²) in [6, 6.07) is 0. The molecule has 0 aromatic heterocycles. The third kappa shape index (κ3) is 7.18. The molecule has 0 bridgehead atoms. The van der Waals surface area contributed by atoms with Crippen LogP contribution < -0.4 is 0 Å². The van der Waals surface area contributed by atoms with Crippen molar-refractivity contribution in [3.8, 4) is 0 Å². The van der Waals surface area contributed by atoms with Crippen LogP contribution in [0, 0.1) is 0 Å². The number of thioether (sulfide) groups is 2. The van der Waals surface area contributed by atoms with E-state index in [1.54, 1.807) is 0 Å². The van der Waals surface area contributed by atoms with Gasteiger partial charge in [-0.05, 0) is 6.42 Å². The molecule has 0 aromatic rings. The Balaban J connectivity index is 1.79. The largest absolute Gasteiger partial charge is 0.107 e. The van der Waals surface area contributed by atoms with Gasteiger partial charge in [0.2, 0.25) is 0 Å². The normalized spacial score (nSPS) is 20.6. The number of unbranched alkanes of at least 4 members (excludes halogenated alkanes) is 7. The van der Waals surface area contributed by atoms with Crippen molar-refractivity contribution in [3.05, 3.63) is 0 Å². The van der Waals surface area contributed by atoms with Crippen molar-refractivity contribution < 1.29 is 0 Å². The Labute approximate surface area is 115 Å². The van der Waals surface area contributed by atoms with E-state index in [4.69, 9.17) is 12.2 Å². The summed E-state index contributed by atoms with van der Waals surface area (Å²) in [7, 11) is 0. The fraction of sp³-hybridized carbons (Fsp3) is 0.923. The Kier molecular flexibility index (Phi) is 9.08. The molecule has 0 saturated carbocycles. The predicted octanol–water partition coefficient (Wildman–Crippen LogP) is 5.65. The monoisotopic (exact) mass is 276 g/mol. The Morgan fingerprint density at radius 1 is 1.06 bits per heavy atom. The summed E-state index contributed by atoms with van der Waals surface area (Å²) in [6.07, 6.45) is 12.8. The van der Waals surface area contributed by atoms with E-state index in [2.05, 4.69) is 6.92 Å². The van der Waals surface area contributed by atoms with Crippen LogP contribution in [-0.2, 0) is 0 Å². The smallest absolute Gasteiger partial charge is 0.104 e. The third-order valence-corrected chi connectivity index (χ3v) is 6.26. The molecule has 0 spiro atoms. The van der Waals surface area contributed by atoms with Gasteiger partial charge >= 0.3 is 0 Å². The molecule has 1 aliphatic rings. The first-order valence-corrected chi connectivity index (χ1v) is 8.93. The fourth-order valence-corrected chi connectivity index (χ4v) is 5.03. The molecule has 1 unspecified atom stereocenters. The first-order valence-electron chi connectivity index (χ1n) is 6.66. The van der Waals surface area contributed by atoms with Crippen molar-refractivity contribution in [2.75, 3.05) is 5.75 Å². The zero-order chi connectivity index (χ0) is 11.6. The van der Waals surface area contributed by atoms with E-state index in [9.17, 15) is 0 Å². The first kappa shape index (κ1) is 14.8. The third-order valence-electron chi connectivity index (χ3n) is 3.03. The molecule has 1 aliphatic heterocycles. The SMILES string of the molecule is CCCCCCCCCCC1CSC(=S)S1. The van der Waals surface area contributed by atoms with Gasteiger partial charge in [-0.3, -0.25) is 0 Å². The minimum absolute atomic E-state index is 0.831. The summed E-state index contributed by atoms with van der Waals surface area (Å²) in [5.41, 5.74) is 0. The second kappa shape index (κ2) is 9.78. The minimum atomic E-state index is 0.831. The number of thiocarbonyl (C=S) groups is 1. The second-order valence-electron chi connectivity index (χ2n) is 4.56. The van der Waals surface area contributed by atoms with Crippen molar-refractivity contribution >= 4 is 39.3 Å². The molecule has 0 aliphatic carbocycles. The van der Waals surface area contributed by atoms with Crippen molar-refractivity contribution in [1.29, 1.82) is 0 Å². The van der Waals surface area contributed by atoms with Gasteiger partial charge in [0.25, 0.3) is 0 Å². The summed E-state index contributed by atoms with van der Waals surface area (Å²) in [5, 5.41) is 0.831. The number of rotatable bonds is 9. The molecule has 1 heterocycles. The molecule has 0 amide bonds. The van der Waals surface area contributed by atoms with Gasteiger partial charge in [0, 0.05) is 11.0 Å². The molecule has 0 nitrogen and oxygen atoms in total. The Hall–Kier alpha value is 0.790. The standard InChI is InChI=1S/C13H24S3/c1-2-3-4-5-6-7-8-9-10-12-11-15-13(14)16-12/h12H,2-11H2,1H3. The molecule has 1 atom stereocenters. The van der Waals surface area contributed by atoms with Crippen LogP contribution in [0.1, 0.15) is 64.7 Å². The van der Waals surface area contributed by atoms with Crippen molar-refractivity contribution in [2.24, 2.45) is 0 Å². The Morgan fingerprint density at radius 2 is 1.69 bits per heavy atom. The number of hydrogen-bond donors (Lipinski definition) is 0. The maximum absolute atomic E-state index is 5.18. The lowest BCUT2D eigenvalue weighted by Gasteiger charge is -2.06. The molecular weight excluding hydrogens is 252 g/mol. The molecular formula is C13H24S3. The minimum Gasteiger partial charge on any atom is -0.107 e. The lowest BCUT2D eigenvalue weighted by molar-refractivity contribution is 0.565. The lowest BCUT2D eigenvalue weighted by atomic mass is 10.1. The topological polar surface area (TPSA) is 0 Å². The zero-order valence-corrected chi connectivity index (χ0v) is 12.8. The van der Waals surface area contributed by atoms with Gasteiger partial charge in [-0.25, -0.2) is 0 Å². The molecule has 3 heteroatoms. The van der Waals surface area contributed by atoms with E-state index in [1.165, 1.54) is 67.1 Å². The maximum Gasteiger partial charge on any atom is 0.104 e. The Morgan fingerprint density at radius 3 is 2.25 bits per heavy atom. The van der Waals surface area contributed by atoms with E-state index in [0.29, 0.717) is 0 Å². The van der Waals surface area contributed by atoms with Crippen LogP contribution in [0.15, 0.2) is 0 Å². The molecule has 1 fully saturated rings. The van der Waals surface area contributed by atoms with Crippen molar-refractivity contribution in [1.82, 2.24) is 0 Å². The van der Waals surface area contributed by atoms with Crippen LogP contribution in [0.4, 0.5) is 0 Å². The van der Waals surface area contributed by atoms with Crippen LogP contribution in [0.3, 0.4) is 0 Å². The van der Waals surface area contributed by atoms with Crippen LogP contribution in [0.5, 0.6) is 0 Å². The fourth-order valence-electron chi connectivity index (χ4n) is 2.01. The first-order chi connectivity index (χ1) is 7.83. The van der Waals surface area contributed by atoms with Gasteiger partial charge in [0.05, 0.1) is 0 Å². The second-order valence-corrected chi connectivity index (χ2v) is 8.09. The van der Waals surface area contributed by atoms with E-state index in [0.717, 1.165) is 5.25 Å². The molecule has 1 rings (SSSR count). The highest BCUT2D eigenvalue weighted by Crippen LogP contribution is 2.35. The molecule has 0 N–H and O–H groups in total. The summed E-state index contributed by atoms with van der Waals surface area (Å²) in [4.78, 5) is 0. The summed E-state index contributed by atoms with van der Waals surface area (Å²) in [6.45, 7) is 2.28. The van der Waals surface area contributed by atoms with Gasteiger partial charge < -0.3 is 0 Å². The maximum atomic E-state index is 5.18. The van der Waals surface area contributed by atoms with Gasteiger partial charge in [0.15, 0.2) is 0 Å². The molecule has 94 valence electrons. The van der Waals surface area contributed by atoms with Crippen molar-refractivity contribution in [3.63, 3.8) is 0 Å². The van der Waals surface area contributed by atoms with Crippen LogP contribution >= 0.6 is 35.7 Å². The average Bonchev–Trinajstić information content (AvgIpc) is 2.68. The van der Waals surface area contributed by atoms with Crippen LogP contribution in [0.25, 0.3) is 0 Å². The van der Waals surface area contributed by atoms with Gasteiger partial charge in [-0.1, -0.05) is 70.5 Å². The molecule has 0 radical (unpaired) electrons. The summed E-state index contributed by atoms with van der Waals surface area (Å²) >= 11 is 8.99. The highest BCUT2D eigenvalue weighted by Gasteiger charge is 2.19. The van der Waals surface area contributed by atoms with E-state index < -0.39 is 0 Å². The van der Waals surface area contributed by atoms with Crippen LogP contribution in [0.2, 0.25) is 0 Å². The quantitative estimate of drug-likeness (QED) is 0.394. The highest BCUT2D eigenvalue weighted by atomic mass is 32.2. The van der Waals surface area contributed by atoms with Gasteiger partial charge in [-0.2, -0.15) is 0 Å². The number of hydrogen-bond acceptors (Lipinski definition) is 3.